The first-order valence-electron chi connectivity index (χ1n) is 9.93. The predicted octanol–water partition coefficient (Wildman–Crippen LogP) is 2.95. The molecule has 0 aliphatic heterocycles. The molecule has 0 unspecified atom stereocenters. The Labute approximate surface area is 182 Å². The molecule has 1 rings (SSSR count). The van der Waals surface area contributed by atoms with E-state index in [-0.39, 0.29) is 30.1 Å². The average molecular weight is 497 g/mol. The zero-order valence-electron chi connectivity index (χ0n) is 17.8. The van der Waals surface area contributed by atoms with Crippen molar-refractivity contribution in [3.8, 4) is 0 Å². The molecule has 1 saturated carbocycles. The van der Waals surface area contributed by atoms with Crippen LogP contribution in [0.4, 0.5) is 4.79 Å². The summed E-state index contributed by atoms with van der Waals surface area (Å²) >= 11 is 0. The number of guanidine groups is 1. The quantitative estimate of drug-likeness (QED) is 0.208. The van der Waals surface area contributed by atoms with Gasteiger partial charge in [-0.3, -0.25) is 4.99 Å². The van der Waals surface area contributed by atoms with Crippen molar-refractivity contribution in [3.05, 3.63) is 0 Å². The Morgan fingerprint density at radius 3 is 2.26 bits per heavy atom. The summed E-state index contributed by atoms with van der Waals surface area (Å²) in [5.41, 5.74) is -0.459. The monoisotopic (exact) mass is 497 g/mol. The van der Waals surface area contributed by atoms with Gasteiger partial charge in [-0.2, -0.15) is 0 Å². The number of alkyl carbamates (subject to hydrolysis) is 1. The van der Waals surface area contributed by atoms with Gasteiger partial charge in [-0.25, -0.2) is 4.79 Å². The first-order chi connectivity index (χ1) is 12.3. The zero-order valence-corrected chi connectivity index (χ0v) is 20.1. The number of hydrogen-bond acceptors (Lipinski definition) is 4. The second-order valence-electron chi connectivity index (χ2n) is 7.98. The van der Waals surface area contributed by atoms with Crippen molar-refractivity contribution in [1.29, 1.82) is 0 Å². The van der Waals surface area contributed by atoms with Crippen LogP contribution in [0.2, 0.25) is 0 Å². The third-order valence-electron chi connectivity index (χ3n) is 4.49. The normalized spacial score (nSPS) is 15.9. The number of aliphatic imine (C=N–C) groups is 1. The van der Waals surface area contributed by atoms with Crippen LogP contribution in [0, 0.1) is 0 Å². The summed E-state index contributed by atoms with van der Waals surface area (Å²) in [5, 5.41) is 9.39. The number of ether oxygens (including phenoxy) is 1. The van der Waals surface area contributed by atoms with Gasteiger partial charge >= 0.3 is 6.09 Å². The molecule has 0 heterocycles. The number of carbonyl (C=O) groups is 1. The Kier molecular flexibility index (Phi) is 13.9. The number of nitrogens with one attached hydrogen (secondary N) is 3. The zero-order chi connectivity index (χ0) is 19.4. The van der Waals surface area contributed by atoms with Crippen LogP contribution in [0.25, 0.3) is 0 Å². The second-order valence-corrected chi connectivity index (χ2v) is 7.98. The van der Waals surface area contributed by atoms with Crippen molar-refractivity contribution in [2.24, 2.45) is 4.99 Å². The van der Waals surface area contributed by atoms with Crippen LogP contribution < -0.4 is 16.0 Å². The maximum absolute atomic E-state index is 11.6. The van der Waals surface area contributed by atoms with E-state index in [1.807, 2.05) is 20.8 Å². The smallest absolute Gasteiger partial charge is 0.407 e. The fourth-order valence-electron chi connectivity index (χ4n) is 3.08. The number of hydrogen-bond donors (Lipinski definition) is 3. The van der Waals surface area contributed by atoms with Crippen molar-refractivity contribution in [1.82, 2.24) is 20.9 Å². The van der Waals surface area contributed by atoms with Crippen molar-refractivity contribution in [2.45, 2.75) is 70.9 Å². The highest BCUT2D eigenvalue weighted by molar-refractivity contribution is 14.0. The molecular weight excluding hydrogens is 457 g/mol. The predicted molar refractivity (Wildman–Crippen MR) is 123 cm³/mol. The van der Waals surface area contributed by atoms with Gasteiger partial charge in [0.15, 0.2) is 5.96 Å². The Morgan fingerprint density at radius 1 is 1.07 bits per heavy atom. The molecule has 0 bridgehead atoms. The van der Waals surface area contributed by atoms with Crippen LogP contribution in [-0.4, -0.2) is 68.9 Å². The van der Waals surface area contributed by atoms with Crippen LogP contribution in [0.15, 0.2) is 4.99 Å². The van der Waals surface area contributed by atoms with Gasteiger partial charge < -0.3 is 25.6 Å². The fraction of sp³-hybridized carbons (Fsp3) is 0.895. The summed E-state index contributed by atoms with van der Waals surface area (Å²) in [6.07, 6.45) is 7.21. The first-order valence-corrected chi connectivity index (χ1v) is 9.93. The number of carbonyl (C=O) groups excluding carboxylic acids is 1. The number of amides is 1. The SMILES string of the molecule is CN=C(NCCCNC(=O)OC(C)(C)C)NCCN(C)C1CCCCC1.I. The Morgan fingerprint density at radius 2 is 1.67 bits per heavy atom. The molecule has 1 aliphatic rings. The van der Waals surface area contributed by atoms with Crippen molar-refractivity contribution in [3.63, 3.8) is 0 Å². The van der Waals surface area contributed by atoms with Gasteiger partial charge in [-0.15, -0.1) is 24.0 Å². The minimum atomic E-state index is -0.459. The molecule has 0 aromatic heterocycles. The first kappa shape index (κ1) is 26.2. The molecule has 0 saturated heterocycles. The van der Waals surface area contributed by atoms with Gasteiger partial charge in [0.25, 0.3) is 0 Å². The molecule has 1 aliphatic carbocycles. The van der Waals surface area contributed by atoms with Crippen LogP contribution in [-0.2, 0) is 4.74 Å². The molecule has 27 heavy (non-hydrogen) atoms. The van der Waals surface area contributed by atoms with Gasteiger partial charge in [0.2, 0.25) is 0 Å². The third-order valence-corrected chi connectivity index (χ3v) is 4.49. The van der Waals surface area contributed by atoms with Crippen LogP contribution in [0.1, 0.15) is 59.3 Å². The van der Waals surface area contributed by atoms with E-state index < -0.39 is 5.60 Å². The largest absolute Gasteiger partial charge is 0.444 e. The molecule has 0 atom stereocenters. The molecule has 1 amide bonds. The molecule has 7 nitrogen and oxygen atoms in total. The molecule has 0 aromatic rings. The highest BCUT2D eigenvalue weighted by Gasteiger charge is 2.17. The molecule has 8 heteroatoms. The van der Waals surface area contributed by atoms with Gasteiger partial charge in [0, 0.05) is 39.3 Å². The Hall–Kier alpha value is -0.770. The van der Waals surface area contributed by atoms with Crippen LogP contribution in [0.3, 0.4) is 0 Å². The van der Waals surface area contributed by atoms with Gasteiger partial charge in [-0.1, -0.05) is 19.3 Å². The Bertz CT molecular complexity index is 434. The van der Waals surface area contributed by atoms with Crippen LogP contribution >= 0.6 is 24.0 Å². The molecular formula is C19H40IN5O2. The molecule has 3 N–H and O–H groups in total. The lowest BCUT2D eigenvalue weighted by molar-refractivity contribution is 0.0527. The highest BCUT2D eigenvalue weighted by Crippen LogP contribution is 2.21. The molecule has 1 fully saturated rings. The van der Waals surface area contributed by atoms with Crippen molar-refractivity contribution in [2.75, 3.05) is 40.3 Å². The van der Waals surface area contributed by atoms with Gasteiger partial charge in [0.1, 0.15) is 5.60 Å². The van der Waals surface area contributed by atoms with Gasteiger partial charge in [-0.05, 0) is 47.1 Å². The summed E-state index contributed by atoms with van der Waals surface area (Å²) in [6, 6.07) is 0.736. The highest BCUT2D eigenvalue weighted by atomic mass is 127. The number of rotatable bonds is 8. The lowest BCUT2D eigenvalue weighted by Crippen LogP contribution is -2.44. The summed E-state index contributed by atoms with van der Waals surface area (Å²) in [7, 11) is 4.00. The Balaban J connectivity index is 0.00000676. The average Bonchev–Trinajstić information content (AvgIpc) is 2.59. The topological polar surface area (TPSA) is 78.0 Å². The lowest BCUT2D eigenvalue weighted by Gasteiger charge is -2.31. The van der Waals surface area contributed by atoms with Crippen molar-refractivity contribution < 1.29 is 9.53 Å². The van der Waals surface area contributed by atoms with E-state index in [2.05, 4.69) is 32.9 Å². The van der Waals surface area contributed by atoms with E-state index in [9.17, 15) is 4.79 Å². The summed E-state index contributed by atoms with van der Waals surface area (Å²) in [4.78, 5) is 18.3. The number of likely N-dealkylation sites (N-methyl/N-ethyl adjacent to an activating group) is 1. The minimum absolute atomic E-state index is 0. The molecule has 0 radical (unpaired) electrons. The summed E-state index contributed by atoms with van der Waals surface area (Å²) < 4.78 is 5.20. The van der Waals surface area contributed by atoms with Crippen molar-refractivity contribution >= 4 is 36.0 Å². The third kappa shape index (κ3) is 13.1. The van der Waals surface area contributed by atoms with E-state index in [1.54, 1.807) is 7.05 Å². The molecule has 160 valence electrons. The second kappa shape index (κ2) is 14.3. The van der Waals surface area contributed by atoms with Crippen LogP contribution in [0.5, 0.6) is 0 Å². The lowest BCUT2D eigenvalue weighted by atomic mass is 9.94. The van der Waals surface area contributed by atoms with E-state index in [4.69, 9.17) is 4.74 Å². The summed E-state index contributed by atoms with van der Waals surface area (Å²) in [5.74, 6) is 0.805. The van der Waals surface area contributed by atoms with E-state index in [0.29, 0.717) is 6.54 Å². The summed E-state index contributed by atoms with van der Waals surface area (Å²) in [6.45, 7) is 8.78. The maximum Gasteiger partial charge on any atom is 0.407 e. The maximum atomic E-state index is 11.6. The standard InChI is InChI=1S/C19H39N5O2.HI/c1-19(2,3)26-18(25)23-13-9-12-21-17(20-4)22-14-15-24(5)16-10-7-6-8-11-16;/h16H,6-15H2,1-5H3,(H,23,25)(H2,20,21,22);1H. The van der Waals surface area contributed by atoms with E-state index in [1.165, 1.54) is 32.1 Å². The van der Waals surface area contributed by atoms with Gasteiger partial charge in [0.05, 0.1) is 0 Å². The van der Waals surface area contributed by atoms with E-state index in [0.717, 1.165) is 38.1 Å². The van der Waals surface area contributed by atoms with E-state index >= 15 is 0 Å². The molecule has 0 aromatic carbocycles. The molecule has 0 spiro atoms. The fourth-order valence-corrected chi connectivity index (χ4v) is 3.08. The number of halogens is 1. The minimum Gasteiger partial charge on any atom is -0.444 e. The number of nitrogens with zero attached hydrogens (tertiary/aromatic N) is 2.